The zero-order valence-electron chi connectivity index (χ0n) is 19.4. The van der Waals surface area contributed by atoms with Crippen molar-refractivity contribution in [3.05, 3.63) is 60.4 Å². The van der Waals surface area contributed by atoms with Crippen LogP contribution in [-0.4, -0.2) is 56.7 Å². The molecule has 2 amide bonds. The Morgan fingerprint density at radius 2 is 2.06 bits per heavy atom. The fraction of sp³-hybridized carbons (Fsp3) is 0.292. The summed E-state index contributed by atoms with van der Waals surface area (Å²) in [4.78, 5) is 33.2. The predicted molar refractivity (Wildman–Crippen MR) is 132 cm³/mol. The summed E-state index contributed by atoms with van der Waals surface area (Å²) >= 11 is 0. The molecule has 180 valence electrons. The van der Waals surface area contributed by atoms with Gasteiger partial charge in [-0.15, -0.1) is 19.4 Å². The lowest BCUT2D eigenvalue weighted by molar-refractivity contribution is -0.126. The quantitative estimate of drug-likeness (QED) is 0.381. The summed E-state index contributed by atoms with van der Waals surface area (Å²) in [5.41, 5.74) is 2.99. The SMILES string of the molecule is CCc1nnc(-c2ccn3cc(CN(C(=O)C4CN(C(=O)OC)C4)c4cccc(P)c4)nc3c2)o1. The minimum Gasteiger partial charge on any atom is -0.453 e. The second-order valence-electron chi connectivity index (χ2n) is 8.36. The number of likely N-dealkylation sites (tertiary alicyclic amines) is 1. The highest BCUT2D eigenvalue weighted by atomic mass is 31.0. The number of hydrogen-bond donors (Lipinski definition) is 0. The van der Waals surface area contributed by atoms with E-state index in [1.807, 2.05) is 60.1 Å². The number of rotatable bonds is 6. The highest BCUT2D eigenvalue weighted by Gasteiger charge is 2.39. The number of fused-ring (bicyclic) bond motifs is 1. The topological polar surface area (TPSA) is 106 Å². The molecule has 1 aliphatic rings. The Bertz CT molecular complexity index is 1390. The molecule has 3 aromatic heterocycles. The molecular weight excluding hydrogens is 467 g/mol. The van der Waals surface area contributed by atoms with Gasteiger partial charge in [0, 0.05) is 43.2 Å². The van der Waals surface area contributed by atoms with Crippen LogP contribution in [0.4, 0.5) is 10.5 Å². The standard InChI is InChI=1S/C24H25N6O4P/c1-3-21-26-27-22(34-21)15-7-8-28-13-17(25-20(28)9-15)14-30(18-5-4-6-19(35)10-18)23(31)16-11-29(12-16)24(32)33-2/h4-10,13,16H,3,11-12,14,35H2,1-2H3. The number of aromatic nitrogens is 4. The lowest BCUT2D eigenvalue weighted by Gasteiger charge is -2.39. The van der Waals surface area contributed by atoms with Gasteiger partial charge in [0.15, 0.2) is 0 Å². The van der Waals surface area contributed by atoms with Crippen LogP contribution in [0.25, 0.3) is 17.1 Å². The Morgan fingerprint density at radius 3 is 2.77 bits per heavy atom. The molecule has 0 N–H and O–H groups in total. The highest BCUT2D eigenvalue weighted by molar-refractivity contribution is 7.27. The molecular formula is C24H25N6O4P. The predicted octanol–water partition coefficient (Wildman–Crippen LogP) is 2.68. The van der Waals surface area contributed by atoms with Gasteiger partial charge in [-0.25, -0.2) is 9.78 Å². The van der Waals surface area contributed by atoms with E-state index >= 15 is 0 Å². The number of pyridine rings is 1. The van der Waals surface area contributed by atoms with Gasteiger partial charge in [-0.1, -0.05) is 19.1 Å². The van der Waals surface area contributed by atoms with Gasteiger partial charge < -0.3 is 23.4 Å². The number of ether oxygens (including phenoxy) is 1. The van der Waals surface area contributed by atoms with Crippen LogP contribution in [0.5, 0.6) is 0 Å². The van der Waals surface area contributed by atoms with Gasteiger partial charge in [-0.2, -0.15) is 0 Å². The molecule has 1 fully saturated rings. The number of methoxy groups -OCH3 is 1. The summed E-state index contributed by atoms with van der Waals surface area (Å²) in [6.07, 6.45) is 4.03. The zero-order valence-corrected chi connectivity index (χ0v) is 20.6. The minimum atomic E-state index is -0.420. The van der Waals surface area contributed by atoms with Crippen molar-refractivity contribution in [3.63, 3.8) is 0 Å². The van der Waals surface area contributed by atoms with E-state index in [1.165, 1.54) is 12.0 Å². The number of carbonyl (C=O) groups excluding carboxylic acids is 2. The van der Waals surface area contributed by atoms with Crippen LogP contribution in [-0.2, 0) is 22.5 Å². The van der Waals surface area contributed by atoms with Crippen LogP contribution in [0, 0.1) is 5.92 Å². The Hall–Kier alpha value is -3.78. The number of imidazole rings is 1. The van der Waals surface area contributed by atoms with Gasteiger partial charge in [-0.05, 0) is 29.6 Å². The van der Waals surface area contributed by atoms with E-state index in [9.17, 15) is 9.59 Å². The fourth-order valence-electron chi connectivity index (χ4n) is 4.04. The summed E-state index contributed by atoms with van der Waals surface area (Å²) in [7, 11) is 3.99. The first-order valence-electron chi connectivity index (χ1n) is 11.3. The molecule has 1 atom stereocenters. The summed E-state index contributed by atoms with van der Waals surface area (Å²) in [5, 5.41) is 9.10. The smallest absolute Gasteiger partial charge is 0.409 e. The van der Waals surface area contributed by atoms with E-state index in [4.69, 9.17) is 14.1 Å². The van der Waals surface area contributed by atoms with Crippen LogP contribution in [0.1, 0.15) is 18.5 Å². The summed E-state index contributed by atoms with van der Waals surface area (Å²) < 4.78 is 12.3. The maximum Gasteiger partial charge on any atom is 0.409 e. The maximum atomic E-state index is 13.5. The third-order valence-corrected chi connectivity index (χ3v) is 6.32. The first kappa shape index (κ1) is 23.0. The molecule has 4 heterocycles. The van der Waals surface area contributed by atoms with Crippen LogP contribution >= 0.6 is 9.24 Å². The largest absolute Gasteiger partial charge is 0.453 e. The molecule has 0 saturated carbocycles. The van der Waals surface area contributed by atoms with Gasteiger partial charge in [0.25, 0.3) is 0 Å². The average molecular weight is 492 g/mol. The molecule has 10 nitrogen and oxygen atoms in total. The molecule has 11 heteroatoms. The van der Waals surface area contributed by atoms with Crippen molar-refractivity contribution in [3.8, 4) is 11.5 Å². The number of hydrogen-bond acceptors (Lipinski definition) is 7. The van der Waals surface area contributed by atoms with E-state index in [2.05, 4.69) is 19.4 Å². The lowest BCUT2D eigenvalue weighted by atomic mass is 9.98. The average Bonchev–Trinajstić information content (AvgIpc) is 3.47. The highest BCUT2D eigenvalue weighted by Crippen LogP contribution is 2.26. The minimum absolute atomic E-state index is 0.0588. The van der Waals surface area contributed by atoms with Gasteiger partial charge in [0.2, 0.25) is 17.7 Å². The monoisotopic (exact) mass is 492 g/mol. The van der Waals surface area contributed by atoms with E-state index in [0.29, 0.717) is 43.5 Å². The van der Waals surface area contributed by atoms with E-state index in [0.717, 1.165) is 22.2 Å². The Morgan fingerprint density at radius 1 is 1.23 bits per heavy atom. The Balaban J connectivity index is 1.41. The zero-order chi connectivity index (χ0) is 24.5. The summed E-state index contributed by atoms with van der Waals surface area (Å²) in [6.45, 7) is 2.92. The molecule has 5 rings (SSSR count). The fourth-order valence-corrected chi connectivity index (χ4v) is 4.32. The number of nitrogens with zero attached hydrogens (tertiary/aromatic N) is 6. The third-order valence-electron chi connectivity index (χ3n) is 5.96. The van der Waals surface area contributed by atoms with E-state index < -0.39 is 6.09 Å². The Kier molecular flexibility index (Phi) is 6.21. The number of anilines is 1. The van der Waals surface area contributed by atoms with E-state index in [-0.39, 0.29) is 11.8 Å². The molecule has 4 aromatic rings. The Labute approximate surface area is 204 Å². The first-order valence-corrected chi connectivity index (χ1v) is 11.8. The van der Waals surface area contributed by atoms with Gasteiger partial charge >= 0.3 is 6.09 Å². The van der Waals surface area contributed by atoms with Gasteiger partial charge in [0.05, 0.1) is 25.3 Å². The van der Waals surface area contributed by atoms with E-state index in [1.54, 1.807) is 4.90 Å². The van der Waals surface area contributed by atoms with Gasteiger partial charge in [-0.3, -0.25) is 4.79 Å². The molecule has 1 saturated heterocycles. The van der Waals surface area contributed by atoms with Crippen LogP contribution in [0.3, 0.4) is 0 Å². The summed E-state index contributed by atoms with van der Waals surface area (Å²) in [6, 6.07) is 11.5. The number of benzene rings is 1. The van der Waals surface area contributed by atoms with Crippen LogP contribution < -0.4 is 10.2 Å². The van der Waals surface area contributed by atoms with Crippen molar-refractivity contribution in [1.82, 2.24) is 24.5 Å². The lowest BCUT2D eigenvalue weighted by Crippen LogP contribution is -2.56. The molecule has 1 aromatic carbocycles. The molecule has 0 bridgehead atoms. The number of amides is 2. The first-order chi connectivity index (χ1) is 16.9. The van der Waals surface area contributed by atoms with Crippen molar-refractivity contribution in [1.29, 1.82) is 0 Å². The molecule has 1 unspecified atom stereocenters. The third kappa shape index (κ3) is 4.61. The van der Waals surface area contributed by atoms with Gasteiger partial charge in [0.1, 0.15) is 5.65 Å². The number of carbonyl (C=O) groups is 2. The normalized spacial score (nSPS) is 13.6. The van der Waals surface area contributed by atoms with Crippen LogP contribution in [0.2, 0.25) is 0 Å². The van der Waals surface area contributed by atoms with Crippen LogP contribution in [0.15, 0.2) is 53.2 Å². The van der Waals surface area contributed by atoms with Crippen molar-refractivity contribution >= 4 is 37.9 Å². The molecule has 35 heavy (non-hydrogen) atoms. The molecule has 0 radical (unpaired) electrons. The molecule has 1 aliphatic heterocycles. The second kappa shape index (κ2) is 9.46. The van der Waals surface area contributed by atoms with Crippen molar-refractivity contribution in [2.24, 2.45) is 5.92 Å². The van der Waals surface area contributed by atoms with Crippen molar-refractivity contribution in [2.45, 2.75) is 19.9 Å². The number of aryl methyl sites for hydroxylation is 1. The second-order valence-corrected chi connectivity index (χ2v) is 9.03. The summed E-state index contributed by atoms with van der Waals surface area (Å²) in [5.74, 6) is 0.673. The maximum absolute atomic E-state index is 13.5. The molecule has 0 aliphatic carbocycles. The molecule has 0 spiro atoms. The van der Waals surface area contributed by atoms with Crippen molar-refractivity contribution in [2.75, 3.05) is 25.1 Å². The van der Waals surface area contributed by atoms with Crippen molar-refractivity contribution < 1.29 is 18.7 Å².